The van der Waals surface area contributed by atoms with E-state index in [4.69, 9.17) is 4.74 Å². The van der Waals surface area contributed by atoms with Gasteiger partial charge in [-0.05, 0) is 54.8 Å². The lowest BCUT2D eigenvalue weighted by molar-refractivity contribution is -0.148. The van der Waals surface area contributed by atoms with Crippen LogP contribution in [-0.4, -0.2) is 49.1 Å². The molecule has 1 rings (SSSR count). The van der Waals surface area contributed by atoms with Crippen LogP contribution in [0.5, 0.6) is 0 Å². The molecule has 21 heavy (non-hydrogen) atoms. The second kappa shape index (κ2) is 7.75. The Kier molecular flexibility index (Phi) is 6.61. The molecule has 6 heteroatoms. The normalized spacial score (nSPS) is 13.3. The van der Waals surface area contributed by atoms with Crippen LogP contribution in [0.25, 0.3) is 0 Å². The summed E-state index contributed by atoms with van der Waals surface area (Å²) < 4.78 is 5.12. The van der Waals surface area contributed by atoms with Gasteiger partial charge in [-0.15, -0.1) is 11.3 Å². The fraction of sp³-hybridized carbons (Fsp3) is 0.733. The van der Waals surface area contributed by atoms with Gasteiger partial charge in [-0.25, -0.2) is 4.98 Å². The van der Waals surface area contributed by atoms with Crippen LogP contribution in [0, 0.1) is 0 Å². The molecule has 0 bridgehead atoms. The highest BCUT2D eigenvalue weighted by Crippen LogP contribution is 2.28. The number of rotatable bonds is 8. The molecule has 0 aliphatic carbocycles. The number of hydrogen-bond donors (Lipinski definition) is 1. The Balaban J connectivity index is 2.66. The van der Waals surface area contributed by atoms with Crippen molar-refractivity contribution < 1.29 is 9.53 Å². The summed E-state index contributed by atoms with van der Waals surface area (Å²) in [5.74, 6) is -0.234. The van der Waals surface area contributed by atoms with Crippen LogP contribution in [0.3, 0.4) is 0 Å². The number of aromatic nitrogens is 1. The maximum atomic E-state index is 12.0. The minimum atomic E-state index is -0.709. The van der Waals surface area contributed by atoms with Gasteiger partial charge < -0.3 is 15.0 Å². The molecule has 1 N–H and O–H groups in total. The van der Waals surface area contributed by atoms with Crippen molar-refractivity contribution >= 4 is 22.4 Å². The standard InChI is InChI=1S/C15H27N3O2S/c1-7-20-13(19)15(3,4)12-10-21-14(17-12)16-11(2)8-9-18(5)6/h10-11H,7-9H2,1-6H3,(H,16,17). The Labute approximate surface area is 131 Å². The van der Waals surface area contributed by atoms with Crippen LogP contribution in [0.2, 0.25) is 0 Å². The molecule has 0 aliphatic rings. The van der Waals surface area contributed by atoms with Crippen molar-refractivity contribution in [1.82, 2.24) is 9.88 Å². The topological polar surface area (TPSA) is 54.5 Å². The SMILES string of the molecule is CCOC(=O)C(C)(C)c1csc(NC(C)CCN(C)C)n1. The van der Waals surface area contributed by atoms with Crippen LogP contribution >= 0.6 is 11.3 Å². The van der Waals surface area contributed by atoms with Gasteiger partial charge in [0.1, 0.15) is 5.41 Å². The van der Waals surface area contributed by atoms with Crippen LogP contribution in [0.15, 0.2) is 5.38 Å². The van der Waals surface area contributed by atoms with Gasteiger partial charge in [0.15, 0.2) is 5.13 Å². The van der Waals surface area contributed by atoms with E-state index in [0.717, 1.165) is 23.8 Å². The summed E-state index contributed by atoms with van der Waals surface area (Å²) in [6, 6.07) is 0.345. The number of anilines is 1. The lowest BCUT2D eigenvalue weighted by Crippen LogP contribution is -2.31. The maximum absolute atomic E-state index is 12.0. The van der Waals surface area contributed by atoms with E-state index in [1.54, 1.807) is 0 Å². The summed E-state index contributed by atoms with van der Waals surface area (Å²) in [6.07, 6.45) is 1.04. The fourth-order valence-corrected chi connectivity index (χ4v) is 2.77. The Morgan fingerprint density at radius 3 is 2.76 bits per heavy atom. The number of nitrogens with one attached hydrogen (secondary N) is 1. The van der Waals surface area contributed by atoms with E-state index in [2.05, 4.69) is 36.2 Å². The van der Waals surface area contributed by atoms with Crippen LogP contribution in [0.4, 0.5) is 5.13 Å². The molecular formula is C15H27N3O2S. The van der Waals surface area contributed by atoms with E-state index < -0.39 is 5.41 Å². The number of nitrogens with zero attached hydrogens (tertiary/aromatic N) is 2. The molecule has 5 nitrogen and oxygen atoms in total. The number of thiazole rings is 1. The molecule has 0 aliphatic heterocycles. The van der Waals surface area contributed by atoms with Gasteiger partial charge in [0.25, 0.3) is 0 Å². The zero-order chi connectivity index (χ0) is 16.0. The second-order valence-electron chi connectivity index (χ2n) is 6.02. The number of ether oxygens (including phenoxy) is 1. The molecule has 1 heterocycles. The highest BCUT2D eigenvalue weighted by Gasteiger charge is 2.34. The molecule has 0 fully saturated rings. The highest BCUT2D eigenvalue weighted by molar-refractivity contribution is 7.13. The molecule has 0 spiro atoms. The lowest BCUT2D eigenvalue weighted by Gasteiger charge is -2.20. The number of esters is 1. The Bertz CT molecular complexity index is 458. The third-order valence-electron chi connectivity index (χ3n) is 3.31. The Morgan fingerprint density at radius 2 is 2.19 bits per heavy atom. The summed E-state index contributed by atoms with van der Waals surface area (Å²) in [5.41, 5.74) is 0.0486. The average Bonchev–Trinajstić information content (AvgIpc) is 2.85. The first-order valence-electron chi connectivity index (χ1n) is 7.31. The van der Waals surface area contributed by atoms with E-state index in [-0.39, 0.29) is 5.97 Å². The summed E-state index contributed by atoms with van der Waals surface area (Å²) in [6.45, 7) is 9.06. The molecule has 0 saturated carbocycles. The minimum Gasteiger partial charge on any atom is -0.465 e. The summed E-state index contributed by atoms with van der Waals surface area (Å²) in [4.78, 5) is 18.7. The van der Waals surface area contributed by atoms with E-state index in [1.807, 2.05) is 26.2 Å². The number of carbonyl (C=O) groups excluding carboxylic acids is 1. The first-order chi connectivity index (χ1) is 9.77. The summed E-state index contributed by atoms with van der Waals surface area (Å²) in [5, 5.41) is 6.17. The molecule has 0 radical (unpaired) electrons. The summed E-state index contributed by atoms with van der Waals surface area (Å²) in [7, 11) is 4.13. The number of hydrogen-bond acceptors (Lipinski definition) is 6. The molecular weight excluding hydrogens is 286 g/mol. The second-order valence-corrected chi connectivity index (χ2v) is 6.88. The van der Waals surface area contributed by atoms with Gasteiger partial charge in [0, 0.05) is 11.4 Å². The van der Waals surface area contributed by atoms with Crippen molar-refractivity contribution in [2.45, 2.75) is 45.6 Å². The molecule has 0 saturated heterocycles. The van der Waals surface area contributed by atoms with Gasteiger partial charge in [0.05, 0.1) is 12.3 Å². The quantitative estimate of drug-likeness (QED) is 0.748. The number of carbonyl (C=O) groups is 1. The monoisotopic (exact) mass is 313 g/mol. The fourth-order valence-electron chi connectivity index (χ4n) is 1.78. The molecule has 0 amide bonds. The Morgan fingerprint density at radius 1 is 1.52 bits per heavy atom. The van der Waals surface area contributed by atoms with Gasteiger partial charge in [0.2, 0.25) is 0 Å². The van der Waals surface area contributed by atoms with Crippen molar-refractivity contribution in [3.63, 3.8) is 0 Å². The maximum Gasteiger partial charge on any atom is 0.317 e. The van der Waals surface area contributed by atoms with E-state index >= 15 is 0 Å². The molecule has 1 aromatic heterocycles. The molecule has 1 aromatic rings. The first kappa shape index (κ1) is 17.9. The zero-order valence-corrected chi connectivity index (χ0v) is 14.7. The third-order valence-corrected chi connectivity index (χ3v) is 4.08. The van der Waals surface area contributed by atoms with Crippen LogP contribution in [-0.2, 0) is 14.9 Å². The van der Waals surface area contributed by atoms with E-state index in [1.165, 1.54) is 11.3 Å². The van der Waals surface area contributed by atoms with Crippen molar-refractivity contribution in [2.75, 3.05) is 32.6 Å². The molecule has 0 aromatic carbocycles. The Hall–Kier alpha value is -1.14. The average molecular weight is 313 g/mol. The molecule has 1 atom stereocenters. The minimum absolute atomic E-state index is 0.234. The molecule has 120 valence electrons. The highest BCUT2D eigenvalue weighted by atomic mass is 32.1. The van der Waals surface area contributed by atoms with Crippen molar-refractivity contribution in [1.29, 1.82) is 0 Å². The third kappa shape index (κ3) is 5.28. The van der Waals surface area contributed by atoms with E-state index in [0.29, 0.717) is 12.6 Å². The molecule has 1 unspecified atom stereocenters. The van der Waals surface area contributed by atoms with Gasteiger partial charge in [-0.1, -0.05) is 0 Å². The zero-order valence-electron chi connectivity index (χ0n) is 13.9. The predicted octanol–water partition coefficient (Wildman–Crippen LogP) is 2.74. The van der Waals surface area contributed by atoms with Crippen molar-refractivity contribution in [3.8, 4) is 0 Å². The smallest absolute Gasteiger partial charge is 0.317 e. The van der Waals surface area contributed by atoms with Crippen LogP contribution < -0.4 is 5.32 Å². The van der Waals surface area contributed by atoms with Crippen LogP contribution in [0.1, 0.15) is 39.8 Å². The van der Waals surface area contributed by atoms with Gasteiger partial charge in [-0.3, -0.25) is 4.79 Å². The van der Waals surface area contributed by atoms with Crippen molar-refractivity contribution in [3.05, 3.63) is 11.1 Å². The predicted molar refractivity (Wildman–Crippen MR) is 88.0 cm³/mol. The van der Waals surface area contributed by atoms with Gasteiger partial charge >= 0.3 is 5.97 Å². The van der Waals surface area contributed by atoms with E-state index in [9.17, 15) is 4.79 Å². The summed E-state index contributed by atoms with van der Waals surface area (Å²) >= 11 is 1.53. The lowest BCUT2D eigenvalue weighted by atomic mass is 9.90. The van der Waals surface area contributed by atoms with Crippen molar-refractivity contribution in [2.24, 2.45) is 0 Å². The largest absolute Gasteiger partial charge is 0.465 e. The van der Waals surface area contributed by atoms with Gasteiger partial charge in [-0.2, -0.15) is 0 Å². The first-order valence-corrected chi connectivity index (χ1v) is 8.19.